The van der Waals surface area contributed by atoms with E-state index < -0.39 is 5.54 Å². The molecule has 0 saturated heterocycles. The van der Waals surface area contributed by atoms with Gasteiger partial charge in [0.15, 0.2) is 0 Å². The van der Waals surface area contributed by atoms with Crippen molar-refractivity contribution in [1.29, 1.82) is 0 Å². The Balaban J connectivity index is 1.67. The Morgan fingerprint density at radius 1 is 1.24 bits per heavy atom. The Bertz CT molecular complexity index is 842. The van der Waals surface area contributed by atoms with Crippen molar-refractivity contribution in [1.82, 2.24) is 25.3 Å². The number of hydrogen-bond acceptors (Lipinski definition) is 5. The second kappa shape index (κ2) is 7.02. The molecule has 0 bridgehead atoms. The molecule has 25 heavy (non-hydrogen) atoms. The summed E-state index contributed by atoms with van der Waals surface area (Å²) in [5.41, 5.74) is 1.99. The number of aromatic nitrogens is 4. The minimum atomic E-state index is -0.498. The number of urea groups is 1. The standard InChI is InChI=1S/C17H20N6OS/c1-4-17(3,15-20-12(2)11-25-15)22-16(24)21-13-5-7-14(8-6-13)23-18-9-10-19-23/h5-11H,4H2,1-3H3,(H2,21,22,24)/t17-/m0/s1. The first kappa shape index (κ1) is 17.1. The molecule has 2 heterocycles. The number of anilines is 1. The van der Waals surface area contributed by atoms with E-state index in [0.717, 1.165) is 22.8 Å². The van der Waals surface area contributed by atoms with Gasteiger partial charge in [-0.15, -0.1) is 11.3 Å². The molecule has 2 amide bonds. The monoisotopic (exact) mass is 356 g/mol. The number of benzene rings is 1. The number of carbonyl (C=O) groups is 1. The Morgan fingerprint density at radius 2 is 1.92 bits per heavy atom. The number of amides is 2. The Labute approximate surface area is 150 Å². The SMILES string of the molecule is CC[C@](C)(NC(=O)Nc1ccc(-n2nccn2)cc1)c1nc(C)cs1. The van der Waals surface area contributed by atoms with Gasteiger partial charge in [0.05, 0.1) is 23.6 Å². The molecule has 0 aliphatic heterocycles. The third-order valence-corrected chi connectivity index (χ3v) is 5.19. The molecule has 0 aliphatic carbocycles. The molecule has 1 aromatic carbocycles. The van der Waals surface area contributed by atoms with Crippen LogP contribution in [0.2, 0.25) is 0 Å². The number of aryl methyl sites for hydroxylation is 1. The van der Waals surface area contributed by atoms with Gasteiger partial charge in [0, 0.05) is 16.8 Å². The smallest absolute Gasteiger partial charge is 0.320 e. The van der Waals surface area contributed by atoms with E-state index in [4.69, 9.17) is 0 Å². The molecule has 1 atom stereocenters. The fourth-order valence-corrected chi connectivity index (χ4v) is 3.33. The maximum Gasteiger partial charge on any atom is 0.320 e. The van der Waals surface area contributed by atoms with E-state index in [2.05, 4.69) is 25.8 Å². The summed E-state index contributed by atoms with van der Waals surface area (Å²) in [6.07, 6.45) is 3.98. The second-order valence-corrected chi connectivity index (χ2v) is 6.78. The Kier molecular flexibility index (Phi) is 4.80. The van der Waals surface area contributed by atoms with Gasteiger partial charge in [-0.2, -0.15) is 15.0 Å². The summed E-state index contributed by atoms with van der Waals surface area (Å²) < 4.78 is 0. The van der Waals surface area contributed by atoms with Crippen molar-refractivity contribution in [2.75, 3.05) is 5.32 Å². The molecule has 2 aromatic heterocycles. The summed E-state index contributed by atoms with van der Waals surface area (Å²) in [5.74, 6) is 0. The highest BCUT2D eigenvalue weighted by atomic mass is 32.1. The zero-order chi connectivity index (χ0) is 17.9. The molecule has 130 valence electrons. The summed E-state index contributed by atoms with van der Waals surface area (Å²) in [4.78, 5) is 18.4. The van der Waals surface area contributed by atoms with E-state index in [9.17, 15) is 4.79 Å². The number of rotatable bonds is 5. The predicted molar refractivity (Wildman–Crippen MR) is 98.0 cm³/mol. The van der Waals surface area contributed by atoms with Crippen LogP contribution in [0.3, 0.4) is 0 Å². The number of thiazole rings is 1. The molecule has 0 aliphatic rings. The van der Waals surface area contributed by atoms with Crippen LogP contribution in [0.25, 0.3) is 5.69 Å². The van der Waals surface area contributed by atoms with Gasteiger partial charge in [-0.05, 0) is 44.5 Å². The van der Waals surface area contributed by atoms with Gasteiger partial charge in [0.25, 0.3) is 0 Å². The largest absolute Gasteiger partial charge is 0.326 e. The molecule has 8 heteroatoms. The van der Waals surface area contributed by atoms with Crippen LogP contribution in [0, 0.1) is 6.92 Å². The molecular formula is C17H20N6OS. The molecule has 0 unspecified atom stereocenters. The van der Waals surface area contributed by atoms with E-state index in [1.54, 1.807) is 23.7 Å². The number of nitrogens with zero attached hydrogens (tertiary/aromatic N) is 4. The van der Waals surface area contributed by atoms with Gasteiger partial charge >= 0.3 is 6.03 Å². The van der Waals surface area contributed by atoms with Crippen molar-refractivity contribution in [3.05, 3.63) is 52.7 Å². The van der Waals surface area contributed by atoms with Gasteiger partial charge in [0.1, 0.15) is 5.01 Å². The average molecular weight is 356 g/mol. The summed E-state index contributed by atoms with van der Waals surface area (Å²) in [5, 5.41) is 16.9. The minimum absolute atomic E-state index is 0.262. The van der Waals surface area contributed by atoms with E-state index >= 15 is 0 Å². The van der Waals surface area contributed by atoms with Crippen LogP contribution < -0.4 is 10.6 Å². The molecule has 2 N–H and O–H groups in total. The van der Waals surface area contributed by atoms with Crippen LogP contribution in [0.4, 0.5) is 10.5 Å². The number of carbonyl (C=O) groups excluding carboxylic acids is 1. The molecule has 0 spiro atoms. The maximum atomic E-state index is 12.4. The van der Waals surface area contributed by atoms with E-state index in [1.165, 1.54) is 4.80 Å². The summed E-state index contributed by atoms with van der Waals surface area (Å²) >= 11 is 1.56. The predicted octanol–water partition coefficient (Wildman–Crippen LogP) is 3.48. The lowest BCUT2D eigenvalue weighted by molar-refractivity contribution is 0.237. The highest BCUT2D eigenvalue weighted by Crippen LogP contribution is 2.27. The lowest BCUT2D eigenvalue weighted by Gasteiger charge is -2.27. The summed E-state index contributed by atoms with van der Waals surface area (Å²) in [7, 11) is 0. The number of nitrogens with one attached hydrogen (secondary N) is 2. The van der Waals surface area contributed by atoms with Crippen molar-refractivity contribution in [3.8, 4) is 5.69 Å². The van der Waals surface area contributed by atoms with Crippen molar-refractivity contribution >= 4 is 23.1 Å². The Morgan fingerprint density at radius 3 is 2.48 bits per heavy atom. The highest BCUT2D eigenvalue weighted by Gasteiger charge is 2.29. The van der Waals surface area contributed by atoms with Crippen molar-refractivity contribution in [2.45, 2.75) is 32.7 Å². The fourth-order valence-electron chi connectivity index (χ4n) is 2.34. The minimum Gasteiger partial charge on any atom is -0.326 e. The first-order chi connectivity index (χ1) is 12.0. The molecule has 0 fully saturated rings. The van der Waals surface area contributed by atoms with Crippen LogP contribution in [-0.2, 0) is 5.54 Å². The van der Waals surface area contributed by atoms with E-state index in [-0.39, 0.29) is 6.03 Å². The van der Waals surface area contributed by atoms with Gasteiger partial charge < -0.3 is 10.6 Å². The average Bonchev–Trinajstić information content (AvgIpc) is 3.27. The van der Waals surface area contributed by atoms with Gasteiger partial charge in [-0.1, -0.05) is 6.92 Å². The first-order valence-electron chi connectivity index (χ1n) is 7.99. The van der Waals surface area contributed by atoms with Crippen molar-refractivity contribution in [3.63, 3.8) is 0 Å². The molecular weight excluding hydrogens is 336 g/mol. The van der Waals surface area contributed by atoms with Gasteiger partial charge in [-0.25, -0.2) is 9.78 Å². The van der Waals surface area contributed by atoms with Gasteiger partial charge in [0.2, 0.25) is 0 Å². The third kappa shape index (κ3) is 3.85. The zero-order valence-corrected chi connectivity index (χ0v) is 15.2. The zero-order valence-electron chi connectivity index (χ0n) is 14.4. The Hall–Kier alpha value is -2.74. The van der Waals surface area contributed by atoms with E-state index in [0.29, 0.717) is 5.69 Å². The lowest BCUT2D eigenvalue weighted by Crippen LogP contribution is -2.45. The van der Waals surface area contributed by atoms with Crippen molar-refractivity contribution in [2.24, 2.45) is 0 Å². The van der Waals surface area contributed by atoms with Gasteiger partial charge in [-0.3, -0.25) is 0 Å². The molecule has 3 aromatic rings. The van der Waals surface area contributed by atoms with Crippen LogP contribution >= 0.6 is 11.3 Å². The second-order valence-electron chi connectivity index (χ2n) is 5.92. The molecule has 0 radical (unpaired) electrons. The maximum absolute atomic E-state index is 12.4. The fraction of sp³-hybridized carbons (Fsp3) is 0.294. The van der Waals surface area contributed by atoms with Crippen LogP contribution in [0.15, 0.2) is 42.0 Å². The quantitative estimate of drug-likeness (QED) is 0.733. The first-order valence-corrected chi connectivity index (χ1v) is 8.86. The number of hydrogen-bond donors (Lipinski definition) is 2. The lowest BCUT2D eigenvalue weighted by atomic mass is 10.0. The third-order valence-electron chi connectivity index (χ3n) is 3.96. The molecule has 0 saturated carbocycles. The summed E-state index contributed by atoms with van der Waals surface area (Å²) in [6.45, 7) is 5.96. The summed E-state index contributed by atoms with van der Waals surface area (Å²) in [6, 6.07) is 7.06. The van der Waals surface area contributed by atoms with Crippen LogP contribution in [0.1, 0.15) is 31.0 Å². The highest BCUT2D eigenvalue weighted by molar-refractivity contribution is 7.09. The van der Waals surface area contributed by atoms with Crippen LogP contribution in [0.5, 0.6) is 0 Å². The molecule has 7 nitrogen and oxygen atoms in total. The molecule has 3 rings (SSSR count). The topological polar surface area (TPSA) is 84.7 Å². The van der Waals surface area contributed by atoms with Crippen molar-refractivity contribution < 1.29 is 4.79 Å². The van der Waals surface area contributed by atoms with E-state index in [1.807, 2.05) is 50.4 Å². The normalized spacial score (nSPS) is 13.2. The van der Waals surface area contributed by atoms with Crippen LogP contribution in [-0.4, -0.2) is 26.0 Å².